The molecule has 1 aliphatic carbocycles. The van der Waals surface area contributed by atoms with Crippen molar-refractivity contribution in [3.8, 4) is 5.82 Å². The molecule has 1 fully saturated rings. The molecule has 3 heterocycles. The van der Waals surface area contributed by atoms with E-state index < -0.39 is 0 Å². The van der Waals surface area contributed by atoms with Crippen molar-refractivity contribution in [2.75, 3.05) is 5.32 Å². The Morgan fingerprint density at radius 1 is 0.906 bits per heavy atom. The lowest BCUT2D eigenvalue weighted by atomic mass is 9.91. The maximum Gasteiger partial charge on any atom is 0.267 e. The lowest BCUT2D eigenvalue weighted by Crippen LogP contribution is -2.34. The Hall–Kier alpha value is -3.55. The summed E-state index contributed by atoms with van der Waals surface area (Å²) in [6.45, 7) is 5.93. The number of rotatable bonds is 4. The Labute approximate surface area is 186 Å². The van der Waals surface area contributed by atoms with Gasteiger partial charge in [-0.15, -0.1) is 10.2 Å². The fourth-order valence-electron chi connectivity index (χ4n) is 4.65. The zero-order valence-corrected chi connectivity index (χ0v) is 18.6. The third-order valence-electron chi connectivity index (χ3n) is 6.29. The van der Waals surface area contributed by atoms with Crippen molar-refractivity contribution in [2.45, 2.75) is 58.5 Å². The number of anilines is 1. The van der Waals surface area contributed by atoms with Crippen LogP contribution in [0.3, 0.4) is 0 Å². The number of benzene rings is 1. The van der Waals surface area contributed by atoms with E-state index in [2.05, 4.69) is 37.8 Å². The van der Waals surface area contributed by atoms with Crippen LogP contribution < -0.4 is 10.9 Å². The molecule has 8 heteroatoms. The van der Waals surface area contributed by atoms with Crippen LogP contribution in [-0.2, 0) is 0 Å². The highest BCUT2D eigenvalue weighted by atomic mass is 16.1. The largest absolute Gasteiger partial charge is 0.365 e. The van der Waals surface area contributed by atoms with Crippen LogP contribution in [0.1, 0.15) is 48.8 Å². The van der Waals surface area contributed by atoms with Crippen molar-refractivity contribution in [3.63, 3.8) is 0 Å². The Kier molecular flexibility index (Phi) is 5.20. The van der Waals surface area contributed by atoms with Gasteiger partial charge in [0.2, 0.25) is 0 Å². The number of aryl methyl sites for hydroxylation is 3. The average Bonchev–Trinajstić information content (AvgIpc) is 3.15. The van der Waals surface area contributed by atoms with Crippen LogP contribution in [0.2, 0.25) is 0 Å². The molecular weight excluding hydrogens is 402 g/mol. The second-order valence-electron chi connectivity index (χ2n) is 8.64. The minimum absolute atomic E-state index is 0.0675. The standard InChI is InChI=1S/C24H27N7O/c1-15-14-16(2)30(28-15)22-12-13-23(32)31(29-22)19-10-8-18(9-11-19)25-24-21-7-5-4-6-20(21)17(3)26-27-24/h4-7,12-14,18-19H,8-11H2,1-3H3,(H,25,27). The Morgan fingerprint density at radius 2 is 1.66 bits per heavy atom. The third-order valence-corrected chi connectivity index (χ3v) is 6.29. The summed E-state index contributed by atoms with van der Waals surface area (Å²) in [6, 6.07) is 13.9. The topological polar surface area (TPSA) is 90.5 Å². The van der Waals surface area contributed by atoms with E-state index in [1.165, 1.54) is 0 Å². The number of hydrogen-bond acceptors (Lipinski definition) is 6. The van der Waals surface area contributed by atoms with Crippen LogP contribution in [0.4, 0.5) is 5.82 Å². The molecule has 1 saturated carbocycles. The second kappa shape index (κ2) is 8.18. The molecule has 3 aromatic heterocycles. The molecule has 0 saturated heterocycles. The quantitative estimate of drug-likeness (QED) is 0.529. The second-order valence-corrected chi connectivity index (χ2v) is 8.64. The van der Waals surface area contributed by atoms with E-state index in [0.29, 0.717) is 11.9 Å². The molecular formula is C24H27N7O. The van der Waals surface area contributed by atoms with Gasteiger partial charge in [-0.25, -0.2) is 9.36 Å². The SMILES string of the molecule is Cc1cc(C)n(-c2ccc(=O)n(C3CCC(Nc4nnc(C)c5ccccc45)CC3)n2)n1. The number of fused-ring (bicyclic) bond motifs is 1. The van der Waals surface area contributed by atoms with E-state index in [9.17, 15) is 4.79 Å². The average molecular weight is 430 g/mol. The van der Waals surface area contributed by atoms with Gasteiger partial charge in [0.15, 0.2) is 11.6 Å². The highest BCUT2D eigenvalue weighted by Gasteiger charge is 2.25. The summed E-state index contributed by atoms with van der Waals surface area (Å²) < 4.78 is 3.43. The van der Waals surface area contributed by atoms with Crippen LogP contribution in [0.25, 0.3) is 16.6 Å². The monoisotopic (exact) mass is 429 g/mol. The zero-order valence-electron chi connectivity index (χ0n) is 18.6. The maximum absolute atomic E-state index is 12.6. The fourth-order valence-corrected chi connectivity index (χ4v) is 4.65. The number of nitrogens with zero attached hydrogens (tertiary/aromatic N) is 6. The highest BCUT2D eigenvalue weighted by Crippen LogP contribution is 2.30. The molecule has 1 N–H and O–H groups in total. The van der Waals surface area contributed by atoms with Gasteiger partial charge in [-0.2, -0.15) is 10.2 Å². The van der Waals surface area contributed by atoms with Gasteiger partial charge in [0.25, 0.3) is 5.56 Å². The first-order chi connectivity index (χ1) is 15.5. The predicted molar refractivity (Wildman–Crippen MR) is 124 cm³/mol. The minimum Gasteiger partial charge on any atom is -0.365 e. The smallest absolute Gasteiger partial charge is 0.267 e. The summed E-state index contributed by atoms with van der Waals surface area (Å²) in [5, 5.41) is 23.7. The van der Waals surface area contributed by atoms with Crippen LogP contribution >= 0.6 is 0 Å². The van der Waals surface area contributed by atoms with E-state index in [1.807, 2.05) is 39.0 Å². The predicted octanol–water partition coefficient (Wildman–Crippen LogP) is 3.89. The summed E-state index contributed by atoms with van der Waals surface area (Å²) >= 11 is 0. The molecule has 4 aromatic rings. The third kappa shape index (κ3) is 3.77. The van der Waals surface area contributed by atoms with Crippen LogP contribution in [0.15, 0.2) is 47.3 Å². The molecule has 0 radical (unpaired) electrons. The summed E-state index contributed by atoms with van der Waals surface area (Å²) in [7, 11) is 0. The highest BCUT2D eigenvalue weighted by molar-refractivity contribution is 5.92. The lowest BCUT2D eigenvalue weighted by Gasteiger charge is -2.30. The van der Waals surface area contributed by atoms with Crippen molar-refractivity contribution in [3.05, 3.63) is 69.9 Å². The molecule has 0 atom stereocenters. The number of aromatic nitrogens is 6. The van der Waals surface area contributed by atoms with Gasteiger partial charge >= 0.3 is 0 Å². The summed E-state index contributed by atoms with van der Waals surface area (Å²) in [5.74, 6) is 1.51. The zero-order chi connectivity index (χ0) is 22.2. The van der Waals surface area contributed by atoms with Crippen molar-refractivity contribution in [1.82, 2.24) is 29.8 Å². The van der Waals surface area contributed by atoms with Crippen molar-refractivity contribution < 1.29 is 0 Å². The van der Waals surface area contributed by atoms with Gasteiger partial charge in [-0.3, -0.25) is 4.79 Å². The maximum atomic E-state index is 12.6. The normalized spacial score (nSPS) is 18.7. The molecule has 0 unspecified atom stereocenters. The molecule has 0 aliphatic heterocycles. The summed E-state index contributed by atoms with van der Waals surface area (Å²) in [5.41, 5.74) is 2.80. The molecule has 164 valence electrons. The Bertz CT molecular complexity index is 1330. The molecule has 1 aromatic carbocycles. The van der Waals surface area contributed by atoms with E-state index in [4.69, 9.17) is 0 Å². The summed E-state index contributed by atoms with van der Waals surface area (Å²) in [4.78, 5) is 12.6. The van der Waals surface area contributed by atoms with E-state index in [-0.39, 0.29) is 11.6 Å². The van der Waals surface area contributed by atoms with Crippen molar-refractivity contribution in [2.24, 2.45) is 0 Å². The van der Waals surface area contributed by atoms with Gasteiger partial charge in [-0.1, -0.05) is 24.3 Å². The molecule has 0 amide bonds. The van der Waals surface area contributed by atoms with Crippen molar-refractivity contribution in [1.29, 1.82) is 0 Å². The van der Waals surface area contributed by atoms with E-state index in [0.717, 1.165) is 59.4 Å². The van der Waals surface area contributed by atoms with Gasteiger partial charge in [-0.05, 0) is 58.6 Å². The van der Waals surface area contributed by atoms with E-state index in [1.54, 1.807) is 21.5 Å². The Morgan fingerprint density at radius 3 is 2.38 bits per heavy atom. The minimum atomic E-state index is -0.0675. The van der Waals surface area contributed by atoms with Crippen molar-refractivity contribution >= 4 is 16.6 Å². The molecule has 5 rings (SSSR count). The van der Waals surface area contributed by atoms with Gasteiger partial charge in [0.05, 0.1) is 17.4 Å². The Balaban J connectivity index is 1.32. The molecule has 1 aliphatic rings. The van der Waals surface area contributed by atoms with Crippen LogP contribution in [-0.4, -0.2) is 35.8 Å². The lowest BCUT2D eigenvalue weighted by molar-refractivity contribution is 0.302. The number of nitrogens with one attached hydrogen (secondary N) is 1. The van der Waals surface area contributed by atoms with Gasteiger partial charge in [0, 0.05) is 28.6 Å². The molecule has 0 spiro atoms. The first kappa shape index (κ1) is 20.4. The number of hydrogen-bond donors (Lipinski definition) is 1. The van der Waals surface area contributed by atoms with Crippen LogP contribution in [0, 0.1) is 20.8 Å². The van der Waals surface area contributed by atoms with Gasteiger partial charge in [0.1, 0.15) is 0 Å². The van der Waals surface area contributed by atoms with E-state index >= 15 is 0 Å². The van der Waals surface area contributed by atoms with Gasteiger partial charge < -0.3 is 5.32 Å². The first-order valence-corrected chi connectivity index (χ1v) is 11.1. The summed E-state index contributed by atoms with van der Waals surface area (Å²) in [6.07, 6.45) is 3.63. The molecule has 0 bridgehead atoms. The first-order valence-electron chi connectivity index (χ1n) is 11.1. The molecule has 32 heavy (non-hydrogen) atoms. The van der Waals surface area contributed by atoms with Crippen LogP contribution in [0.5, 0.6) is 0 Å². The fraction of sp³-hybridized carbons (Fsp3) is 0.375. The molecule has 8 nitrogen and oxygen atoms in total.